The van der Waals surface area contributed by atoms with Crippen LogP contribution >= 0.6 is 11.6 Å². The van der Waals surface area contributed by atoms with Gasteiger partial charge in [-0.1, -0.05) is 54.1 Å². The minimum atomic E-state index is -0.270. The minimum Gasteiger partial charge on any atom is -0.341 e. The number of hydrogen-bond acceptors (Lipinski definition) is 2. The van der Waals surface area contributed by atoms with Gasteiger partial charge in [0.15, 0.2) is 0 Å². The summed E-state index contributed by atoms with van der Waals surface area (Å²) in [7, 11) is 1.78. The van der Waals surface area contributed by atoms with Crippen molar-refractivity contribution >= 4 is 23.4 Å². The fraction of sp³-hybridized carbons (Fsp3) is 0.300. The summed E-state index contributed by atoms with van der Waals surface area (Å²) in [6.07, 6.45) is 0.288. The zero-order valence-corrected chi connectivity index (χ0v) is 14.9. The quantitative estimate of drug-likeness (QED) is 0.824. The van der Waals surface area contributed by atoms with E-state index in [9.17, 15) is 9.59 Å². The second kappa shape index (κ2) is 7.70. The standard InChI is InChI=1S/C20H21ClN2O2/c1-22(12-16-7-9-18(21)10-8-16)20(25)17-11-19(24)23(14-17)13-15-5-3-2-4-6-15/h2-10,17H,11-14H2,1H3/t17-/m0/s1. The van der Waals surface area contributed by atoms with Crippen LogP contribution in [0.25, 0.3) is 0 Å². The first-order valence-corrected chi connectivity index (χ1v) is 8.72. The Labute approximate surface area is 153 Å². The number of carbonyl (C=O) groups excluding carboxylic acids is 2. The molecule has 2 aromatic rings. The number of likely N-dealkylation sites (tertiary alicyclic amines) is 1. The van der Waals surface area contributed by atoms with Gasteiger partial charge in [0, 0.05) is 38.1 Å². The van der Waals surface area contributed by atoms with Crippen molar-refractivity contribution in [2.24, 2.45) is 5.92 Å². The van der Waals surface area contributed by atoms with E-state index >= 15 is 0 Å². The van der Waals surface area contributed by atoms with Crippen LogP contribution in [0.5, 0.6) is 0 Å². The van der Waals surface area contributed by atoms with Gasteiger partial charge in [0.1, 0.15) is 0 Å². The molecule has 1 fully saturated rings. The zero-order chi connectivity index (χ0) is 17.8. The Balaban J connectivity index is 1.59. The van der Waals surface area contributed by atoms with Crippen molar-refractivity contribution in [1.29, 1.82) is 0 Å². The van der Waals surface area contributed by atoms with Crippen LogP contribution in [0, 0.1) is 5.92 Å². The monoisotopic (exact) mass is 356 g/mol. The van der Waals surface area contributed by atoms with E-state index < -0.39 is 0 Å². The Bertz CT molecular complexity index is 746. The third-order valence-electron chi connectivity index (χ3n) is 4.49. The fourth-order valence-electron chi connectivity index (χ4n) is 3.15. The van der Waals surface area contributed by atoms with E-state index in [-0.39, 0.29) is 24.2 Å². The molecule has 0 N–H and O–H groups in total. The molecule has 130 valence electrons. The molecular formula is C20H21ClN2O2. The third-order valence-corrected chi connectivity index (χ3v) is 4.74. The van der Waals surface area contributed by atoms with Crippen LogP contribution in [0.1, 0.15) is 17.5 Å². The van der Waals surface area contributed by atoms with Crippen molar-refractivity contribution < 1.29 is 9.59 Å². The maximum absolute atomic E-state index is 12.7. The van der Waals surface area contributed by atoms with Gasteiger partial charge in [-0.05, 0) is 23.3 Å². The lowest BCUT2D eigenvalue weighted by atomic mass is 10.1. The van der Waals surface area contributed by atoms with Crippen LogP contribution in [0.2, 0.25) is 5.02 Å². The second-order valence-corrected chi connectivity index (χ2v) is 6.92. The van der Waals surface area contributed by atoms with E-state index in [2.05, 4.69) is 0 Å². The van der Waals surface area contributed by atoms with Gasteiger partial charge in [0.05, 0.1) is 5.92 Å². The molecule has 2 aromatic carbocycles. The molecule has 0 aliphatic carbocycles. The largest absolute Gasteiger partial charge is 0.341 e. The highest BCUT2D eigenvalue weighted by Gasteiger charge is 2.35. The summed E-state index contributed by atoms with van der Waals surface area (Å²) in [5.74, 6) is -0.213. The molecule has 1 aliphatic heterocycles. The average Bonchev–Trinajstić information content (AvgIpc) is 2.98. The molecule has 1 saturated heterocycles. The lowest BCUT2D eigenvalue weighted by Gasteiger charge is -2.21. The number of halogens is 1. The molecule has 0 saturated carbocycles. The van der Waals surface area contributed by atoms with Crippen LogP contribution < -0.4 is 0 Å². The molecule has 25 heavy (non-hydrogen) atoms. The van der Waals surface area contributed by atoms with Crippen molar-refractivity contribution in [2.75, 3.05) is 13.6 Å². The highest BCUT2D eigenvalue weighted by atomic mass is 35.5. The Kier molecular flexibility index (Phi) is 5.39. The third kappa shape index (κ3) is 4.40. The van der Waals surface area contributed by atoms with Gasteiger partial charge in [0.2, 0.25) is 11.8 Å². The molecule has 4 nitrogen and oxygen atoms in total. The van der Waals surface area contributed by atoms with Gasteiger partial charge in [-0.25, -0.2) is 0 Å². The lowest BCUT2D eigenvalue weighted by Crippen LogP contribution is -2.34. The Morgan fingerprint density at radius 1 is 1.12 bits per heavy atom. The van der Waals surface area contributed by atoms with Crippen molar-refractivity contribution in [3.63, 3.8) is 0 Å². The SMILES string of the molecule is CN(Cc1ccc(Cl)cc1)C(=O)[C@H]1CC(=O)N(Cc2ccccc2)C1. The van der Waals surface area contributed by atoms with Crippen molar-refractivity contribution in [3.05, 3.63) is 70.7 Å². The summed E-state index contributed by atoms with van der Waals surface area (Å²) >= 11 is 5.89. The molecule has 0 radical (unpaired) electrons. The van der Waals surface area contributed by atoms with Crippen LogP contribution in [0.3, 0.4) is 0 Å². The zero-order valence-electron chi connectivity index (χ0n) is 14.2. The molecule has 0 bridgehead atoms. The summed E-state index contributed by atoms with van der Waals surface area (Å²) in [4.78, 5) is 28.4. The Hall–Kier alpha value is -2.33. The van der Waals surface area contributed by atoms with Crippen LogP contribution in [0.4, 0.5) is 0 Å². The normalized spacial score (nSPS) is 17.0. The van der Waals surface area contributed by atoms with E-state index in [1.165, 1.54) is 0 Å². The van der Waals surface area contributed by atoms with E-state index in [4.69, 9.17) is 11.6 Å². The molecule has 0 unspecified atom stereocenters. The molecule has 0 aromatic heterocycles. The highest BCUT2D eigenvalue weighted by Crippen LogP contribution is 2.22. The van der Waals surface area contributed by atoms with Crippen LogP contribution in [-0.2, 0) is 22.7 Å². The predicted molar refractivity (Wildman–Crippen MR) is 97.9 cm³/mol. The molecule has 5 heteroatoms. The summed E-state index contributed by atoms with van der Waals surface area (Å²) in [6, 6.07) is 17.3. The fourth-order valence-corrected chi connectivity index (χ4v) is 3.27. The van der Waals surface area contributed by atoms with Crippen LogP contribution in [-0.4, -0.2) is 35.2 Å². The van der Waals surface area contributed by atoms with Gasteiger partial charge < -0.3 is 9.80 Å². The van der Waals surface area contributed by atoms with E-state index in [1.807, 2.05) is 54.6 Å². The number of amides is 2. The number of nitrogens with zero attached hydrogens (tertiary/aromatic N) is 2. The van der Waals surface area contributed by atoms with E-state index in [0.29, 0.717) is 24.7 Å². The maximum atomic E-state index is 12.7. The van der Waals surface area contributed by atoms with Crippen LogP contribution in [0.15, 0.2) is 54.6 Å². The summed E-state index contributed by atoms with van der Waals surface area (Å²) in [6.45, 7) is 1.56. The Morgan fingerprint density at radius 3 is 2.48 bits per heavy atom. The first-order chi connectivity index (χ1) is 12.0. The summed E-state index contributed by atoms with van der Waals surface area (Å²) in [5.41, 5.74) is 2.10. The van der Waals surface area contributed by atoms with Gasteiger partial charge in [-0.2, -0.15) is 0 Å². The topological polar surface area (TPSA) is 40.6 Å². The van der Waals surface area contributed by atoms with Gasteiger partial charge in [0.25, 0.3) is 0 Å². The predicted octanol–water partition coefficient (Wildman–Crippen LogP) is 3.35. The second-order valence-electron chi connectivity index (χ2n) is 6.48. The molecule has 1 atom stereocenters. The first kappa shape index (κ1) is 17.5. The number of benzene rings is 2. The maximum Gasteiger partial charge on any atom is 0.228 e. The van der Waals surface area contributed by atoms with Gasteiger partial charge >= 0.3 is 0 Å². The molecule has 3 rings (SSSR count). The first-order valence-electron chi connectivity index (χ1n) is 8.34. The molecule has 0 spiro atoms. The van der Waals surface area contributed by atoms with E-state index in [0.717, 1.165) is 11.1 Å². The summed E-state index contributed by atoms with van der Waals surface area (Å²) < 4.78 is 0. The molecule has 1 aliphatic rings. The van der Waals surface area contributed by atoms with Gasteiger partial charge in [-0.15, -0.1) is 0 Å². The molecule has 1 heterocycles. The molecule has 2 amide bonds. The highest BCUT2D eigenvalue weighted by molar-refractivity contribution is 6.30. The smallest absolute Gasteiger partial charge is 0.228 e. The van der Waals surface area contributed by atoms with Crippen molar-refractivity contribution in [2.45, 2.75) is 19.5 Å². The van der Waals surface area contributed by atoms with Crippen molar-refractivity contribution in [1.82, 2.24) is 9.80 Å². The minimum absolute atomic E-state index is 0.0128. The van der Waals surface area contributed by atoms with Crippen molar-refractivity contribution in [3.8, 4) is 0 Å². The number of rotatable bonds is 5. The van der Waals surface area contributed by atoms with Gasteiger partial charge in [-0.3, -0.25) is 9.59 Å². The lowest BCUT2D eigenvalue weighted by molar-refractivity contribution is -0.135. The summed E-state index contributed by atoms with van der Waals surface area (Å²) in [5, 5.41) is 0.677. The number of hydrogen-bond donors (Lipinski definition) is 0. The van der Waals surface area contributed by atoms with E-state index in [1.54, 1.807) is 16.8 Å². The Morgan fingerprint density at radius 2 is 1.80 bits per heavy atom. The number of carbonyl (C=O) groups is 2. The molecular weight excluding hydrogens is 336 g/mol. The average molecular weight is 357 g/mol.